The normalized spacial score (nSPS) is 11.9. The lowest BCUT2D eigenvalue weighted by Gasteiger charge is -2.04. The Labute approximate surface area is 125 Å². The second-order valence-electron chi connectivity index (χ2n) is 4.47. The van der Waals surface area contributed by atoms with Crippen molar-refractivity contribution in [3.63, 3.8) is 0 Å². The van der Waals surface area contributed by atoms with Crippen molar-refractivity contribution in [2.45, 2.75) is 37.1 Å². The highest BCUT2D eigenvalue weighted by Crippen LogP contribution is 2.08. The summed E-state index contributed by atoms with van der Waals surface area (Å²) in [4.78, 5) is 0.180. The van der Waals surface area contributed by atoms with Crippen LogP contribution in [0.2, 0.25) is 0 Å². The maximum absolute atomic E-state index is 12.0. The first-order valence-electron chi connectivity index (χ1n) is 6.72. The molecule has 0 aliphatic carbocycles. The minimum atomic E-state index is -3.46. The molecule has 1 rings (SSSR count). The second-order valence-corrected chi connectivity index (χ2v) is 7.22. The predicted molar refractivity (Wildman–Crippen MR) is 81.4 cm³/mol. The van der Waals surface area contributed by atoms with Crippen LogP contribution in [0.5, 0.6) is 0 Å². The number of aliphatic hydroxyl groups excluding tert-OH is 1. The zero-order valence-electron chi connectivity index (χ0n) is 11.8. The number of hydrogen-bond donors (Lipinski definition) is 2. The third kappa shape index (κ3) is 6.25. The van der Waals surface area contributed by atoms with Crippen LogP contribution in [-0.2, 0) is 16.6 Å². The van der Waals surface area contributed by atoms with E-state index in [0.29, 0.717) is 19.5 Å². The molecule has 0 saturated carbocycles. The fraction of sp³-hybridized carbons (Fsp3) is 0.750. The third-order valence-electron chi connectivity index (χ3n) is 2.78. The van der Waals surface area contributed by atoms with Crippen LogP contribution < -0.4 is 4.72 Å². The molecule has 1 heterocycles. The van der Waals surface area contributed by atoms with E-state index in [9.17, 15) is 8.42 Å². The largest absolute Gasteiger partial charge is 0.396 e. The molecule has 0 radical (unpaired) electrons. The lowest BCUT2D eigenvalue weighted by atomic mass is 10.2. The van der Waals surface area contributed by atoms with Gasteiger partial charge >= 0.3 is 0 Å². The average Bonchev–Trinajstić information content (AvgIpc) is 2.90. The molecule has 0 fully saturated rings. The molecule has 6 nitrogen and oxygen atoms in total. The van der Waals surface area contributed by atoms with Crippen LogP contribution in [-0.4, -0.2) is 48.5 Å². The molecule has 0 aliphatic rings. The molecule has 1 aromatic heterocycles. The number of aromatic nitrogens is 2. The quantitative estimate of drug-likeness (QED) is 0.596. The van der Waals surface area contributed by atoms with E-state index in [1.165, 1.54) is 17.1 Å². The summed E-state index contributed by atoms with van der Waals surface area (Å²) in [6.45, 7) is 1.04. The van der Waals surface area contributed by atoms with E-state index >= 15 is 0 Å². The molecule has 0 bridgehead atoms. The van der Waals surface area contributed by atoms with Gasteiger partial charge in [0.2, 0.25) is 10.0 Å². The van der Waals surface area contributed by atoms with E-state index < -0.39 is 10.0 Å². The number of thioether (sulfide) groups is 1. The van der Waals surface area contributed by atoms with Crippen molar-refractivity contribution in [1.29, 1.82) is 0 Å². The van der Waals surface area contributed by atoms with E-state index in [1.807, 2.05) is 0 Å². The fourth-order valence-electron chi connectivity index (χ4n) is 1.68. The molecule has 0 saturated heterocycles. The van der Waals surface area contributed by atoms with Crippen molar-refractivity contribution >= 4 is 21.8 Å². The Morgan fingerprint density at radius 3 is 2.85 bits per heavy atom. The molecule has 0 aliphatic heterocycles. The summed E-state index contributed by atoms with van der Waals surface area (Å²) in [5, 5.41) is 12.7. The summed E-state index contributed by atoms with van der Waals surface area (Å²) in [5.74, 6) is 1.12. The number of aliphatic hydroxyl groups is 1. The zero-order chi connectivity index (χ0) is 14.8. The van der Waals surface area contributed by atoms with E-state index in [2.05, 4.69) is 16.1 Å². The molecule has 0 amide bonds. The average molecular weight is 321 g/mol. The van der Waals surface area contributed by atoms with E-state index in [1.54, 1.807) is 11.8 Å². The van der Waals surface area contributed by atoms with Crippen LogP contribution in [0.15, 0.2) is 17.3 Å². The number of rotatable bonds is 11. The maximum atomic E-state index is 12.0. The molecule has 20 heavy (non-hydrogen) atoms. The van der Waals surface area contributed by atoms with Gasteiger partial charge in [0, 0.05) is 25.9 Å². The molecule has 8 heteroatoms. The number of nitrogens with one attached hydrogen (secondary N) is 1. The Morgan fingerprint density at radius 2 is 2.15 bits per heavy atom. The van der Waals surface area contributed by atoms with E-state index in [-0.39, 0.29) is 11.5 Å². The van der Waals surface area contributed by atoms with Crippen molar-refractivity contribution in [3.8, 4) is 0 Å². The summed E-state index contributed by atoms with van der Waals surface area (Å²) in [6, 6.07) is 0. The Hall–Kier alpha value is -0.570. The molecule has 116 valence electrons. The molecular formula is C12H23N3O3S2. The summed E-state index contributed by atoms with van der Waals surface area (Å²) in [6.07, 6.45) is 8.44. The molecule has 0 atom stereocenters. The number of nitrogens with zero attached hydrogens (tertiary/aromatic N) is 2. The summed E-state index contributed by atoms with van der Waals surface area (Å²) in [5.41, 5.74) is 0. The van der Waals surface area contributed by atoms with Crippen LogP contribution in [0.25, 0.3) is 0 Å². The highest BCUT2D eigenvalue weighted by molar-refractivity contribution is 7.98. The van der Waals surface area contributed by atoms with Crippen molar-refractivity contribution < 1.29 is 13.5 Å². The molecular weight excluding hydrogens is 298 g/mol. The van der Waals surface area contributed by atoms with Crippen LogP contribution in [0, 0.1) is 0 Å². The van der Waals surface area contributed by atoms with Crippen molar-refractivity contribution in [2.24, 2.45) is 0 Å². The third-order valence-corrected chi connectivity index (χ3v) is 4.90. The number of hydrogen-bond acceptors (Lipinski definition) is 5. The van der Waals surface area contributed by atoms with Gasteiger partial charge in [-0.1, -0.05) is 6.42 Å². The number of aryl methyl sites for hydroxylation is 1. The molecule has 2 N–H and O–H groups in total. The van der Waals surface area contributed by atoms with Crippen LogP contribution in [0.3, 0.4) is 0 Å². The number of unbranched alkanes of at least 4 members (excludes halogenated alkanes) is 2. The zero-order valence-corrected chi connectivity index (χ0v) is 13.4. The van der Waals surface area contributed by atoms with Gasteiger partial charge in [-0.3, -0.25) is 4.68 Å². The van der Waals surface area contributed by atoms with Crippen LogP contribution >= 0.6 is 11.8 Å². The highest BCUT2D eigenvalue weighted by Gasteiger charge is 2.15. The second kappa shape index (κ2) is 9.38. The van der Waals surface area contributed by atoms with Gasteiger partial charge < -0.3 is 5.11 Å². The van der Waals surface area contributed by atoms with Crippen molar-refractivity contribution in [3.05, 3.63) is 12.4 Å². The van der Waals surface area contributed by atoms with Gasteiger partial charge in [0.1, 0.15) is 4.90 Å². The van der Waals surface area contributed by atoms with Gasteiger partial charge in [0.15, 0.2) is 0 Å². The van der Waals surface area contributed by atoms with Gasteiger partial charge in [0.25, 0.3) is 0 Å². The van der Waals surface area contributed by atoms with E-state index in [4.69, 9.17) is 5.11 Å². The van der Waals surface area contributed by atoms with Crippen LogP contribution in [0.1, 0.15) is 25.7 Å². The molecule has 1 aromatic rings. The van der Waals surface area contributed by atoms with Gasteiger partial charge in [-0.15, -0.1) is 0 Å². The van der Waals surface area contributed by atoms with Gasteiger partial charge in [-0.2, -0.15) is 16.9 Å². The van der Waals surface area contributed by atoms with Crippen molar-refractivity contribution in [1.82, 2.24) is 14.5 Å². The minimum absolute atomic E-state index is 0.0657. The highest BCUT2D eigenvalue weighted by atomic mass is 32.2. The first kappa shape index (κ1) is 17.5. The van der Waals surface area contributed by atoms with Gasteiger partial charge in [-0.25, -0.2) is 13.1 Å². The minimum Gasteiger partial charge on any atom is -0.396 e. The molecule has 0 aromatic carbocycles. The lowest BCUT2D eigenvalue weighted by Crippen LogP contribution is -2.24. The lowest BCUT2D eigenvalue weighted by molar-refractivity contribution is 0.277. The van der Waals surface area contributed by atoms with Gasteiger partial charge in [0.05, 0.1) is 6.20 Å². The number of sulfonamides is 1. The molecule has 0 unspecified atom stereocenters. The smallest absolute Gasteiger partial charge is 0.243 e. The molecule has 0 spiro atoms. The topological polar surface area (TPSA) is 84.2 Å². The SMILES string of the molecule is CSCCCCCNS(=O)(=O)c1cnn(CCCO)c1. The Kier molecular flexibility index (Phi) is 8.20. The maximum Gasteiger partial charge on any atom is 0.243 e. The predicted octanol–water partition coefficient (Wildman–Crippen LogP) is 1.08. The first-order chi connectivity index (χ1) is 9.60. The van der Waals surface area contributed by atoms with Gasteiger partial charge in [-0.05, 0) is 31.3 Å². The summed E-state index contributed by atoms with van der Waals surface area (Å²) >= 11 is 1.80. The fourth-order valence-corrected chi connectivity index (χ4v) is 3.20. The summed E-state index contributed by atoms with van der Waals surface area (Å²) in [7, 11) is -3.46. The summed E-state index contributed by atoms with van der Waals surface area (Å²) < 4.78 is 28.1. The van der Waals surface area contributed by atoms with Crippen LogP contribution in [0.4, 0.5) is 0 Å². The standard InChI is InChI=1S/C12H23N3O3S2/c1-19-9-4-2-3-6-14-20(17,18)12-10-13-15(11-12)7-5-8-16/h10-11,14,16H,2-9H2,1H3. The van der Waals surface area contributed by atoms with E-state index in [0.717, 1.165) is 25.0 Å². The Bertz CT molecular complexity index is 474. The monoisotopic (exact) mass is 321 g/mol. The van der Waals surface area contributed by atoms with Crippen molar-refractivity contribution in [2.75, 3.05) is 25.2 Å². The Balaban J connectivity index is 2.38. The Morgan fingerprint density at radius 1 is 1.35 bits per heavy atom. The first-order valence-corrected chi connectivity index (χ1v) is 9.60.